The predicted molar refractivity (Wildman–Crippen MR) is 88.2 cm³/mol. The van der Waals surface area contributed by atoms with Crippen LogP contribution in [0.2, 0.25) is 0 Å². The van der Waals surface area contributed by atoms with Gasteiger partial charge >= 0.3 is 0 Å². The molecule has 2 aromatic rings. The van der Waals surface area contributed by atoms with Crippen molar-refractivity contribution in [3.05, 3.63) is 46.9 Å². The summed E-state index contributed by atoms with van der Waals surface area (Å²) in [6, 6.07) is 6.39. The van der Waals surface area contributed by atoms with E-state index in [-0.39, 0.29) is 10.8 Å². The number of nitrogens with zero attached hydrogens (tertiary/aromatic N) is 1. The number of aryl methyl sites for hydroxylation is 3. The lowest BCUT2D eigenvalue weighted by Crippen LogP contribution is -2.22. The Kier molecular flexibility index (Phi) is 4.51. The molecule has 1 N–H and O–H groups in total. The zero-order valence-electron chi connectivity index (χ0n) is 13.8. The fraction of sp³-hybridized carbons (Fsp3) is 0.312. The lowest BCUT2D eigenvalue weighted by atomic mass is 10.1. The summed E-state index contributed by atoms with van der Waals surface area (Å²) in [5.41, 5.74) is 1.51. The molecule has 7 heteroatoms. The number of anilines is 1. The Bertz CT molecular complexity index is 851. The summed E-state index contributed by atoms with van der Waals surface area (Å²) in [6.07, 6.45) is 0. The van der Waals surface area contributed by atoms with Crippen LogP contribution < -0.4 is 4.72 Å². The second-order valence-corrected chi connectivity index (χ2v) is 7.26. The van der Waals surface area contributed by atoms with Gasteiger partial charge in [-0.3, -0.25) is 9.52 Å². The van der Waals surface area contributed by atoms with Crippen LogP contribution in [0.25, 0.3) is 0 Å². The molecule has 0 aliphatic carbocycles. The van der Waals surface area contributed by atoms with Crippen molar-refractivity contribution in [2.45, 2.75) is 25.7 Å². The van der Waals surface area contributed by atoms with E-state index < -0.39 is 10.0 Å². The number of carbonyl (C=O) groups is 1. The number of nitrogens with one attached hydrogen (secondary N) is 1. The smallest absolute Gasteiger partial charge is 0.265 e. The van der Waals surface area contributed by atoms with Crippen LogP contribution in [0.5, 0.6) is 0 Å². The number of rotatable bonds is 4. The van der Waals surface area contributed by atoms with E-state index in [2.05, 4.69) is 4.72 Å². The van der Waals surface area contributed by atoms with Gasteiger partial charge in [0.05, 0.1) is 5.69 Å². The molecule has 0 aliphatic rings. The molecule has 23 heavy (non-hydrogen) atoms. The van der Waals surface area contributed by atoms with Crippen LogP contribution in [-0.2, 0) is 10.0 Å². The summed E-state index contributed by atoms with van der Waals surface area (Å²) >= 11 is 0. The molecule has 0 atom stereocenters. The molecule has 0 bridgehead atoms. The quantitative estimate of drug-likeness (QED) is 0.931. The number of carbonyl (C=O) groups excluding carboxylic acids is 1. The van der Waals surface area contributed by atoms with E-state index in [4.69, 9.17) is 4.42 Å². The van der Waals surface area contributed by atoms with Crippen LogP contribution in [0.3, 0.4) is 0 Å². The highest BCUT2D eigenvalue weighted by Gasteiger charge is 2.22. The molecular weight excluding hydrogens is 316 g/mol. The van der Waals surface area contributed by atoms with E-state index in [0.29, 0.717) is 22.8 Å². The zero-order chi connectivity index (χ0) is 17.4. The highest BCUT2D eigenvalue weighted by atomic mass is 32.2. The van der Waals surface area contributed by atoms with E-state index in [9.17, 15) is 13.2 Å². The number of hydrogen-bond acceptors (Lipinski definition) is 4. The Labute approximate surface area is 136 Å². The van der Waals surface area contributed by atoms with Gasteiger partial charge in [-0.25, -0.2) is 8.42 Å². The molecule has 6 nitrogen and oxygen atoms in total. The second-order valence-electron chi connectivity index (χ2n) is 5.61. The van der Waals surface area contributed by atoms with Gasteiger partial charge in [-0.15, -0.1) is 0 Å². The Hall–Kier alpha value is -2.28. The molecule has 0 fully saturated rings. The van der Waals surface area contributed by atoms with Gasteiger partial charge in [0, 0.05) is 25.7 Å². The Balaban J connectivity index is 2.41. The van der Waals surface area contributed by atoms with Crippen molar-refractivity contribution >= 4 is 21.6 Å². The van der Waals surface area contributed by atoms with Gasteiger partial charge in [0.2, 0.25) is 0 Å². The summed E-state index contributed by atoms with van der Waals surface area (Å²) in [4.78, 5) is 13.6. The molecule has 0 saturated carbocycles. The first kappa shape index (κ1) is 17.1. The van der Waals surface area contributed by atoms with Crippen LogP contribution in [0.1, 0.15) is 27.4 Å². The first-order valence-corrected chi connectivity index (χ1v) is 8.52. The SMILES string of the molecule is Cc1cc(S(=O)(=O)Nc2cc(C(=O)N(C)C)ccc2C)c(C)o1. The lowest BCUT2D eigenvalue weighted by Gasteiger charge is -2.14. The second kappa shape index (κ2) is 6.08. The van der Waals surface area contributed by atoms with Crippen LogP contribution in [-0.4, -0.2) is 33.3 Å². The molecule has 0 aliphatic heterocycles. The molecule has 0 saturated heterocycles. The molecule has 1 heterocycles. The van der Waals surface area contributed by atoms with Gasteiger partial charge in [-0.2, -0.15) is 0 Å². The van der Waals surface area contributed by atoms with Crippen molar-refractivity contribution in [2.75, 3.05) is 18.8 Å². The maximum Gasteiger partial charge on any atom is 0.265 e. The van der Waals surface area contributed by atoms with E-state index in [0.717, 1.165) is 5.56 Å². The number of benzene rings is 1. The van der Waals surface area contributed by atoms with Gasteiger partial charge in [-0.1, -0.05) is 6.07 Å². The number of amides is 1. The van der Waals surface area contributed by atoms with Crippen LogP contribution in [0.4, 0.5) is 5.69 Å². The molecule has 1 aromatic carbocycles. The zero-order valence-corrected chi connectivity index (χ0v) is 14.6. The summed E-state index contributed by atoms with van der Waals surface area (Å²) in [5.74, 6) is 0.657. The van der Waals surface area contributed by atoms with Crippen LogP contribution >= 0.6 is 0 Å². The van der Waals surface area contributed by atoms with Crippen molar-refractivity contribution in [1.82, 2.24) is 4.90 Å². The first-order valence-electron chi connectivity index (χ1n) is 7.04. The molecule has 2 rings (SSSR count). The van der Waals surface area contributed by atoms with E-state index in [1.165, 1.54) is 17.0 Å². The summed E-state index contributed by atoms with van der Waals surface area (Å²) in [6.45, 7) is 5.06. The number of hydrogen-bond donors (Lipinski definition) is 1. The third-order valence-electron chi connectivity index (χ3n) is 3.42. The standard InChI is InChI=1S/C16H20N2O4S/c1-10-6-7-13(16(19)18(4)5)9-14(10)17-23(20,21)15-8-11(2)22-12(15)3/h6-9,17H,1-5H3. The Morgan fingerprint density at radius 3 is 2.30 bits per heavy atom. The average Bonchev–Trinajstić information content (AvgIpc) is 2.80. The summed E-state index contributed by atoms with van der Waals surface area (Å²) < 4.78 is 32.9. The van der Waals surface area contributed by atoms with Gasteiger partial charge in [0.25, 0.3) is 15.9 Å². The number of furan rings is 1. The summed E-state index contributed by atoms with van der Waals surface area (Å²) in [5, 5.41) is 0. The number of sulfonamides is 1. The minimum Gasteiger partial charge on any atom is -0.465 e. The maximum absolute atomic E-state index is 12.5. The molecule has 1 aromatic heterocycles. The van der Waals surface area contributed by atoms with Crippen LogP contribution in [0.15, 0.2) is 33.6 Å². The van der Waals surface area contributed by atoms with Crippen molar-refractivity contribution in [1.29, 1.82) is 0 Å². The third kappa shape index (κ3) is 3.56. The van der Waals surface area contributed by atoms with Gasteiger partial charge < -0.3 is 9.32 Å². The molecule has 124 valence electrons. The maximum atomic E-state index is 12.5. The summed E-state index contributed by atoms with van der Waals surface area (Å²) in [7, 11) is -0.492. The van der Waals surface area contributed by atoms with Crippen LogP contribution in [0, 0.1) is 20.8 Å². The molecular formula is C16H20N2O4S. The Morgan fingerprint density at radius 1 is 1.13 bits per heavy atom. The fourth-order valence-corrected chi connectivity index (χ4v) is 3.56. The first-order chi connectivity index (χ1) is 10.6. The fourth-order valence-electron chi connectivity index (χ4n) is 2.20. The lowest BCUT2D eigenvalue weighted by molar-refractivity contribution is 0.0827. The predicted octanol–water partition coefficient (Wildman–Crippen LogP) is 2.71. The van der Waals surface area contributed by atoms with E-state index >= 15 is 0 Å². The van der Waals surface area contributed by atoms with Crippen molar-refractivity contribution in [3.8, 4) is 0 Å². The third-order valence-corrected chi connectivity index (χ3v) is 4.89. The largest absolute Gasteiger partial charge is 0.465 e. The monoisotopic (exact) mass is 336 g/mol. The minimum atomic E-state index is -3.78. The minimum absolute atomic E-state index is 0.0961. The van der Waals surface area contributed by atoms with E-state index in [1.807, 2.05) is 0 Å². The van der Waals surface area contributed by atoms with Crippen molar-refractivity contribution in [3.63, 3.8) is 0 Å². The van der Waals surface area contributed by atoms with Gasteiger partial charge in [0.15, 0.2) is 0 Å². The Morgan fingerprint density at radius 2 is 1.78 bits per heavy atom. The highest BCUT2D eigenvalue weighted by Crippen LogP contribution is 2.25. The molecule has 1 amide bonds. The van der Waals surface area contributed by atoms with Crippen molar-refractivity contribution < 1.29 is 17.6 Å². The highest BCUT2D eigenvalue weighted by molar-refractivity contribution is 7.92. The van der Waals surface area contributed by atoms with Gasteiger partial charge in [-0.05, 0) is 38.5 Å². The van der Waals surface area contributed by atoms with Gasteiger partial charge in [0.1, 0.15) is 16.4 Å². The molecule has 0 spiro atoms. The molecule has 0 unspecified atom stereocenters. The normalized spacial score (nSPS) is 11.3. The average molecular weight is 336 g/mol. The topological polar surface area (TPSA) is 79.6 Å². The van der Waals surface area contributed by atoms with Crippen molar-refractivity contribution in [2.24, 2.45) is 0 Å². The van der Waals surface area contributed by atoms with E-state index in [1.54, 1.807) is 47.0 Å². The molecule has 0 radical (unpaired) electrons.